The highest BCUT2D eigenvalue weighted by atomic mass is 16.7. The lowest BCUT2D eigenvalue weighted by Gasteiger charge is -2.37. The fraction of sp³-hybridized carbons (Fsp3) is 0.577. The van der Waals surface area contributed by atoms with Crippen molar-refractivity contribution in [2.75, 3.05) is 57.5 Å². The van der Waals surface area contributed by atoms with Crippen molar-refractivity contribution in [2.24, 2.45) is 0 Å². The Balaban J connectivity index is 1.47. The highest BCUT2D eigenvalue weighted by Crippen LogP contribution is 2.35. The number of anilines is 1. The number of hydrogen-bond donors (Lipinski definition) is 0. The van der Waals surface area contributed by atoms with Crippen LogP contribution in [0.1, 0.15) is 45.7 Å². The zero-order chi connectivity index (χ0) is 23.0. The number of carbonyl (C=O) groups excluding carboxylic acids is 1. The van der Waals surface area contributed by atoms with Crippen LogP contribution in [0.25, 0.3) is 0 Å². The fourth-order valence-corrected chi connectivity index (χ4v) is 5.47. The first-order valence-corrected chi connectivity index (χ1v) is 12.1. The van der Waals surface area contributed by atoms with Crippen LogP contribution in [0, 0.1) is 20.8 Å². The number of ether oxygens (including phenoxy) is 3. The summed E-state index contributed by atoms with van der Waals surface area (Å²) < 4.78 is 19.5. The van der Waals surface area contributed by atoms with Crippen LogP contribution in [0.4, 0.5) is 5.69 Å². The standard InChI is InChI=1S/C26H35N3O4/c1-19-4-6-22(7-5-19)18-29-21(3)23(27-12-14-31-15-13-27)20(2)24(29)25(30)28-10-8-26(9-11-28)32-16-17-33-26/h4-7H,8-18H2,1-3H3. The number of piperidine rings is 1. The molecular weight excluding hydrogens is 418 g/mol. The van der Waals surface area contributed by atoms with E-state index in [1.54, 1.807) is 0 Å². The maximum atomic E-state index is 13.9. The molecule has 0 radical (unpaired) electrons. The van der Waals surface area contributed by atoms with Gasteiger partial charge in [0.1, 0.15) is 5.69 Å². The second kappa shape index (κ2) is 9.12. The Morgan fingerprint density at radius 1 is 0.909 bits per heavy atom. The smallest absolute Gasteiger partial charge is 0.270 e. The second-order valence-corrected chi connectivity index (χ2v) is 9.48. The molecule has 3 aliphatic heterocycles. The fourth-order valence-electron chi connectivity index (χ4n) is 5.47. The van der Waals surface area contributed by atoms with E-state index in [4.69, 9.17) is 14.2 Å². The van der Waals surface area contributed by atoms with E-state index in [-0.39, 0.29) is 5.91 Å². The van der Waals surface area contributed by atoms with E-state index in [9.17, 15) is 4.79 Å². The van der Waals surface area contributed by atoms with Gasteiger partial charge in [0.15, 0.2) is 5.79 Å². The molecule has 1 aromatic carbocycles. The van der Waals surface area contributed by atoms with Crippen molar-refractivity contribution < 1.29 is 19.0 Å². The summed E-state index contributed by atoms with van der Waals surface area (Å²) in [5.74, 6) is -0.375. The third-order valence-electron chi connectivity index (χ3n) is 7.35. The van der Waals surface area contributed by atoms with Gasteiger partial charge in [0.2, 0.25) is 0 Å². The van der Waals surface area contributed by atoms with Gasteiger partial charge >= 0.3 is 0 Å². The van der Waals surface area contributed by atoms with Gasteiger partial charge in [0.25, 0.3) is 5.91 Å². The molecule has 3 aliphatic rings. The third kappa shape index (κ3) is 4.29. The van der Waals surface area contributed by atoms with Gasteiger partial charge in [0.05, 0.1) is 32.1 Å². The first kappa shape index (κ1) is 22.4. The summed E-state index contributed by atoms with van der Waals surface area (Å²) in [4.78, 5) is 18.3. The summed E-state index contributed by atoms with van der Waals surface area (Å²) in [6.45, 7) is 12.8. The summed E-state index contributed by atoms with van der Waals surface area (Å²) in [6.07, 6.45) is 1.46. The van der Waals surface area contributed by atoms with Crippen molar-refractivity contribution in [2.45, 2.75) is 45.9 Å². The molecule has 0 bridgehead atoms. The predicted molar refractivity (Wildman–Crippen MR) is 127 cm³/mol. The highest BCUT2D eigenvalue weighted by Gasteiger charge is 2.41. The maximum absolute atomic E-state index is 13.9. The SMILES string of the molecule is Cc1ccc(Cn2c(C)c(N3CCOCC3)c(C)c2C(=O)N2CCC3(CC2)OCCO3)cc1. The zero-order valence-electron chi connectivity index (χ0n) is 20.1. The quantitative estimate of drug-likeness (QED) is 0.711. The third-order valence-corrected chi connectivity index (χ3v) is 7.35. The molecule has 5 rings (SSSR count). The number of benzene rings is 1. The summed E-state index contributed by atoms with van der Waals surface area (Å²) in [7, 11) is 0. The molecule has 33 heavy (non-hydrogen) atoms. The molecule has 3 saturated heterocycles. The molecule has 7 nitrogen and oxygen atoms in total. The van der Waals surface area contributed by atoms with E-state index < -0.39 is 5.79 Å². The van der Waals surface area contributed by atoms with Gasteiger partial charge in [-0.25, -0.2) is 0 Å². The Bertz CT molecular complexity index is 992. The van der Waals surface area contributed by atoms with Crippen LogP contribution in [0.3, 0.4) is 0 Å². The summed E-state index contributed by atoms with van der Waals surface area (Å²) >= 11 is 0. The van der Waals surface area contributed by atoms with Crippen molar-refractivity contribution in [3.8, 4) is 0 Å². The van der Waals surface area contributed by atoms with E-state index in [0.717, 1.165) is 56.1 Å². The molecule has 0 unspecified atom stereocenters. The lowest BCUT2D eigenvalue weighted by atomic mass is 10.0. The van der Waals surface area contributed by atoms with Crippen molar-refractivity contribution in [1.29, 1.82) is 0 Å². The molecule has 0 aliphatic carbocycles. The van der Waals surface area contributed by atoms with E-state index in [0.29, 0.717) is 32.8 Å². The monoisotopic (exact) mass is 453 g/mol. The molecule has 1 amide bonds. The van der Waals surface area contributed by atoms with Gasteiger partial charge in [-0.05, 0) is 26.3 Å². The topological polar surface area (TPSA) is 56.2 Å². The minimum atomic E-state index is -0.482. The van der Waals surface area contributed by atoms with Crippen LogP contribution in [0.5, 0.6) is 0 Å². The Morgan fingerprint density at radius 2 is 1.55 bits per heavy atom. The normalized spacial score (nSPS) is 20.6. The Morgan fingerprint density at radius 3 is 2.18 bits per heavy atom. The van der Waals surface area contributed by atoms with Crippen molar-refractivity contribution in [3.05, 3.63) is 52.3 Å². The van der Waals surface area contributed by atoms with E-state index in [1.165, 1.54) is 16.8 Å². The van der Waals surface area contributed by atoms with Gasteiger partial charge in [-0.2, -0.15) is 0 Å². The Kier molecular flexibility index (Phi) is 6.20. The zero-order valence-corrected chi connectivity index (χ0v) is 20.1. The summed E-state index contributed by atoms with van der Waals surface area (Å²) in [5, 5.41) is 0. The van der Waals surface area contributed by atoms with Crippen LogP contribution in [-0.4, -0.2) is 73.8 Å². The highest BCUT2D eigenvalue weighted by molar-refractivity contribution is 5.96. The molecule has 0 saturated carbocycles. The second-order valence-electron chi connectivity index (χ2n) is 9.48. The van der Waals surface area contributed by atoms with Gasteiger partial charge in [0, 0.05) is 56.8 Å². The first-order valence-electron chi connectivity index (χ1n) is 12.1. The van der Waals surface area contributed by atoms with E-state index in [1.807, 2.05) is 4.90 Å². The molecule has 3 fully saturated rings. The lowest BCUT2D eigenvalue weighted by molar-refractivity contribution is -0.181. The summed E-state index contributed by atoms with van der Waals surface area (Å²) in [5.41, 5.74) is 6.65. The molecule has 0 atom stereocenters. The van der Waals surface area contributed by atoms with E-state index in [2.05, 4.69) is 54.5 Å². The minimum Gasteiger partial charge on any atom is -0.378 e. The number of likely N-dealkylation sites (tertiary alicyclic amines) is 1. The van der Waals surface area contributed by atoms with Gasteiger partial charge in [-0.15, -0.1) is 0 Å². The number of nitrogens with zero attached hydrogens (tertiary/aromatic N) is 3. The number of hydrogen-bond acceptors (Lipinski definition) is 5. The van der Waals surface area contributed by atoms with Crippen LogP contribution < -0.4 is 4.90 Å². The van der Waals surface area contributed by atoms with Gasteiger partial charge in [-0.1, -0.05) is 29.8 Å². The largest absolute Gasteiger partial charge is 0.378 e. The number of aryl methyl sites for hydroxylation is 1. The minimum absolute atomic E-state index is 0.107. The number of amides is 1. The van der Waals surface area contributed by atoms with E-state index >= 15 is 0 Å². The molecule has 1 aromatic heterocycles. The molecule has 4 heterocycles. The predicted octanol–water partition coefficient (Wildman–Crippen LogP) is 3.28. The van der Waals surface area contributed by atoms with Gasteiger partial charge < -0.3 is 28.6 Å². The molecule has 0 N–H and O–H groups in total. The average Bonchev–Trinajstić information content (AvgIpc) is 3.38. The maximum Gasteiger partial charge on any atom is 0.270 e. The Labute approximate surface area is 196 Å². The van der Waals surface area contributed by atoms with Gasteiger partial charge in [-0.3, -0.25) is 4.79 Å². The number of carbonyl (C=O) groups is 1. The molecule has 178 valence electrons. The molecule has 1 spiro atoms. The van der Waals surface area contributed by atoms with Crippen molar-refractivity contribution in [1.82, 2.24) is 9.47 Å². The number of morpholine rings is 1. The lowest BCUT2D eigenvalue weighted by Crippen LogP contribution is -2.47. The van der Waals surface area contributed by atoms with Crippen LogP contribution >= 0.6 is 0 Å². The van der Waals surface area contributed by atoms with Crippen molar-refractivity contribution >= 4 is 11.6 Å². The molecule has 2 aromatic rings. The van der Waals surface area contributed by atoms with Crippen LogP contribution in [0.2, 0.25) is 0 Å². The first-order chi connectivity index (χ1) is 16.0. The molecule has 7 heteroatoms. The number of rotatable bonds is 4. The van der Waals surface area contributed by atoms with Crippen LogP contribution in [-0.2, 0) is 20.8 Å². The van der Waals surface area contributed by atoms with Crippen molar-refractivity contribution in [3.63, 3.8) is 0 Å². The average molecular weight is 454 g/mol. The number of aromatic nitrogens is 1. The van der Waals surface area contributed by atoms with Crippen LogP contribution in [0.15, 0.2) is 24.3 Å². The summed E-state index contributed by atoms with van der Waals surface area (Å²) in [6, 6.07) is 8.59. The molecular formula is C26H35N3O4. The Hall–Kier alpha value is -2.35.